The van der Waals surface area contributed by atoms with Crippen LogP contribution in [0.2, 0.25) is 0 Å². The molecule has 0 aliphatic carbocycles. The molecule has 0 amide bonds. The summed E-state index contributed by atoms with van der Waals surface area (Å²) >= 11 is 0. The zero-order valence-electron chi connectivity index (χ0n) is 8.60. The molecule has 1 heterocycles. The summed E-state index contributed by atoms with van der Waals surface area (Å²) in [7, 11) is 1.90. The predicted molar refractivity (Wildman–Crippen MR) is 53.1 cm³/mol. The lowest BCUT2D eigenvalue weighted by atomic mass is 9.99. The SMILES string of the molecule is CCCC(CC(=O)O)c1nccn1C. The highest BCUT2D eigenvalue weighted by Crippen LogP contribution is 2.22. The van der Waals surface area contributed by atoms with Gasteiger partial charge in [-0.2, -0.15) is 0 Å². The van der Waals surface area contributed by atoms with E-state index < -0.39 is 5.97 Å². The highest BCUT2D eigenvalue weighted by atomic mass is 16.4. The number of carboxylic acids is 1. The molecule has 0 fully saturated rings. The van der Waals surface area contributed by atoms with Gasteiger partial charge in [-0.1, -0.05) is 13.3 Å². The standard InChI is InChI=1S/C10H16N2O2/c1-3-4-8(7-9(13)14)10-11-5-6-12(10)2/h5-6,8H,3-4,7H2,1-2H3,(H,13,14). The number of aliphatic carboxylic acids is 1. The second-order valence-corrected chi connectivity index (χ2v) is 3.48. The quantitative estimate of drug-likeness (QED) is 0.781. The fraction of sp³-hybridized carbons (Fsp3) is 0.600. The van der Waals surface area contributed by atoms with Crippen LogP contribution in [-0.4, -0.2) is 20.6 Å². The number of rotatable bonds is 5. The van der Waals surface area contributed by atoms with Crippen molar-refractivity contribution in [2.24, 2.45) is 7.05 Å². The Labute approximate surface area is 83.6 Å². The summed E-state index contributed by atoms with van der Waals surface area (Å²) in [6, 6.07) is 0. The molecule has 1 atom stereocenters. The Morgan fingerprint density at radius 2 is 2.43 bits per heavy atom. The second-order valence-electron chi connectivity index (χ2n) is 3.48. The van der Waals surface area contributed by atoms with Crippen LogP contribution >= 0.6 is 0 Å². The van der Waals surface area contributed by atoms with Crippen molar-refractivity contribution in [2.75, 3.05) is 0 Å². The third-order valence-corrected chi connectivity index (χ3v) is 2.28. The number of imidazole rings is 1. The van der Waals surface area contributed by atoms with Gasteiger partial charge in [0, 0.05) is 25.4 Å². The van der Waals surface area contributed by atoms with Gasteiger partial charge in [0.25, 0.3) is 0 Å². The number of carboxylic acid groups (broad SMARTS) is 1. The Kier molecular flexibility index (Phi) is 3.68. The predicted octanol–water partition coefficient (Wildman–Crippen LogP) is 1.78. The zero-order valence-corrected chi connectivity index (χ0v) is 8.60. The van der Waals surface area contributed by atoms with Gasteiger partial charge in [-0.15, -0.1) is 0 Å². The van der Waals surface area contributed by atoms with E-state index >= 15 is 0 Å². The average Bonchev–Trinajstić information content (AvgIpc) is 2.50. The van der Waals surface area contributed by atoms with Crippen LogP contribution in [0.4, 0.5) is 0 Å². The molecule has 0 radical (unpaired) electrons. The summed E-state index contributed by atoms with van der Waals surface area (Å²) in [4.78, 5) is 14.8. The number of carbonyl (C=O) groups is 1. The van der Waals surface area contributed by atoms with Crippen molar-refractivity contribution in [3.63, 3.8) is 0 Å². The first-order chi connectivity index (χ1) is 6.65. The second kappa shape index (κ2) is 4.79. The van der Waals surface area contributed by atoms with Gasteiger partial charge in [0.15, 0.2) is 0 Å². The molecular formula is C10H16N2O2. The molecule has 0 saturated carbocycles. The molecule has 1 aromatic heterocycles. The van der Waals surface area contributed by atoms with Crippen LogP contribution in [0, 0.1) is 0 Å². The summed E-state index contributed by atoms with van der Waals surface area (Å²) < 4.78 is 1.89. The molecule has 1 aromatic rings. The molecule has 1 unspecified atom stereocenters. The Morgan fingerprint density at radius 1 is 1.71 bits per heavy atom. The molecule has 4 heteroatoms. The summed E-state index contributed by atoms with van der Waals surface area (Å²) in [6.07, 6.45) is 5.57. The molecule has 14 heavy (non-hydrogen) atoms. The van der Waals surface area contributed by atoms with E-state index in [1.807, 2.05) is 17.8 Å². The van der Waals surface area contributed by atoms with Crippen LogP contribution in [0.3, 0.4) is 0 Å². The van der Waals surface area contributed by atoms with Crippen molar-refractivity contribution >= 4 is 5.97 Å². The molecule has 0 aliphatic heterocycles. The Morgan fingerprint density at radius 3 is 2.86 bits per heavy atom. The number of aryl methyl sites for hydroxylation is 1. The molecule has 0 aliphatic rings. The number of hydrogen-bond acceptors (Lipinski definition) is 2. The summed E-state index contributed by atoms with van der Waals surface area (Å²) in [5.41, 5.74) is 0. The Bertz CT molecular complexity index is 307. The van der Waals surface area contributed by atoms with Crippen LogP contribution in [0.5, 0.6) is 0 Å². The first-order valence-electron chi connectivity index (χ1n) is 4.84. The lowest BCUT2D eigenvalue weighted by Crippen LogP contribution is -2.11. The van der Waals surface area contributed by atoms with E-state index in [4.69, 9.17) is 5.11 Å². The van der Waals surface area contributed by atoms with Gasteiger partial charge < -0.3 is 9.67 Å². The fourth-order valence-electron chi connectivity index (χ4n) is 1.65. The summed E-state index contributed by atoms with van der Waals surface area (Å²) in [6.45, 7) is 2.05. The number of aromatic nitrogens is 2. The first kappa shape index (κ1) is 10.8. The van der Waals surface area contributed by atoms with Crippen molar-refractivity contribution in [3.8, 4) is 0 Å². The minimum atomic E-state index is -0.758. The topological polar surface area (TPSA) is 55.1 Å². The summed E-state index contributed by atoms with van der Waals surface area (Å²) in [5, 5.41) is 8.76. The maximum Gasteiger partial charge on any atom is 0.304 e. The largest absolute Gasteiger partial charge is 0.481 e. The van der Waals surface area contributed by atoms with Gasteiger partial charge in [0.05, 0.1) is 6.42 Å². The van der Waals surface area contributed by atoms with Crippen molar-refractivity contribution < 1.29 is 9.90 Å². The van der Waals surface area contributed by atoms with Crippen LogP contribution in [0.15, 0.2) is 12.4 Å². The molecule has 0 spiro atoms. The lowest BCUT2D eigenvalue weighted by molar-refractivity contribution is -0.137. The fourth-order valence-corrected chi connectivity index (χ4v) is 1.65. The van der Waals surface area contributed by atoms with Crippen LogP contribution in [0.1, 0.15) is 37.9 Å². The highest BCUT2D eigenvalue weighted by molar-refractivity contribution is 5.67. The molecule has 1 N–H and O–H groups in total. The van der Waals surface area contributed by atoms with Crippen molar-refractivity contribution in [3.05, 3.63) is 18.2 Å². The minimum Gasteiger partial charge on any atom is -0.481 e. The molecule has 0 aromatic carbocycles. The van der Waals surface area contributed by atoms with E-state index in [2.05, 4.69) is 11.9 Å². The van der Waals surface area contributed by atoms with Crippen LogP contribution in [-0.2, 0) is 11.8 Å². The minimum absolute atomic E-state index is 0.0394. The van der Waals surface area contributed by atoms with Gasteiger partial charge >= 0.3 is 5.97 Å². The molecule has 78 valence electrons. The third kappa shape index (κ3) is 2.58. The first-order valence-corrected chi connectivity index (χ1v) is 4.84. The van der Waals surface area contributed by atoms with Crippen LogP contribution < -0.4 is 0 Å². The van der Waals surface area contributed by atoms with E-state index in [-0.39, 0.29) is 12.3 Å². The zero-order chi connectivity index (χ0) is 10.6. The summed E-state index contributed by atoms with van der Waals surface area (Å²) in [5.74, 6) is 0.151. The molecule has 4 nitrogen and oxygen atoms in total. The van der Waals surface area contributed by atoms with Gasteiger partial charge in [0.2, 0.25) is 0 Å². The van der Waals surface area contributed by atoms with Crippen molar-refractivity contribution in [1.82, 2.24) is 9.55 Å². The Balaban J connectivity index is 2.77. The van der Waals surface area contributed by atoms with E-state index in [1.54, 1.807) is 6.20 Å². The lowest BCUT2D eigenvalue weighted by Gasteiger charge is -2.13. The van der Waals surface area contributed by atoms with Gasteiger partial charge in [-0.05, 0) is 6.42 Å². The molecular weight excluding hydrogens is 180 g/mol. The van der Waals surface area contributed by atoms with E-state index in [1.165, 1.54) is 0 Å². The van der Waals surface area contributed by atoms with Crippen LogP contribution in [0.25, 0.3) is 0 Å². The molecule has 1 rings (SSSR count). The van der Waals surface area contributed by atoms with Gasteiger partial charge in [-0.3, -0.25) is 4.79 Å². The smallest absolute Gasteiger partial charge is 0.304 e. The molecule has 0 bridgehead atoms. The number of nitrogens with zero attached hydrogens (tertiary/aromatic N) is 2. The monoisotopic (exact) mass is 196 g/mol. The normalized spacial score (nSPS) is 12.7. The third-order valence-electron chi connectivity index (χ3n) is 2.28. The Hall–Kier alpha value is -1.32. The van der Waals surface area contributed by atoms with Crippen molar-refractivity contribution in [1.29, 1.82) is 0 Å². The van der Waals surface area contributed by atoms with Gasteiger partial charge in [-0.25, -0.2) is 4.98 Å². The molecule has 0 saturated heterocycles. The average molecular weight is 196 g/mol. The van der Waals surface area contributed by atoms with E-state index in [0.29, 0.717) is 0 Å². The van der Waals surface area contributed by atoms with Gasteiger partial charge in [0.1, 0.15) is 5.82 Å². The highest BCUT2D eigenvalue weighted by Gasteiger charge is 2.18. The maximum absolute atomic E-state index is 10.7. The van der Waals surface area contributed by atoms with Crippen molar-refractivity contribution in [2.45, 2.75) is 32.1 Å². The maximum atomic E-state index is 10.7. The van der Waals surface area contributed by atoms with E-state index in [0.717, 1.165) is 18.7 Å². The number of hydrogen-bond donors (Lipinski definition) is 1. The van der Waals surface area contributed by atoms with E-state index in [9.17, 15) is 4.79 Å².